The Balaban J connectivity index is 1.82. The standard InChI is InChI=1S/C14H18BrNO/c15-12(1-2-16)13(17)14-6-9-3-10(7-14)5-11(4-9)8-14/h9-12H,1,3-8H2. The van der Waals surface area contributed by atoms with Crippen LogP contribution in [0.2, 0.25) is 0 Å². The topological polar surface area (TPSA) is 40.9 Å². The zero-order chi connectivity index (χ0) is 12.0. The van der Waals surface area contributed by atoms with Gasteiger partial charge >= 0.3 is 0 Å². The largest absolute Gasteiger partial charge is 0.298 e. The Bertz CT molecular complexity index is 349. The molecular weight excluding hydrogens is 278 g/mol. The summed E-state index contributed by atoms with van der Waals surface area (Å²) in [5.74, 6) is 2.73. The third-order valence-electron chi connectivity index (χ3n) is 5.12. The van der Waals surface area contributed by atoms with Crippen LogP contribution in [0.1, 0.15) is 44.9 Å². The van der Waals surface area contributed by atoms with Gasteiger partial charge in [-0.2, -0.15) is 5.26 Å². The van der Waals surface area contributed by atoms with Crippen LogP contribution in [0.5, 0.6) is 0 Å². The molecule has 4 fully saturated rings. The monoisotopic (exact) mass is 295 g/mol. The molecule has 0 aromatic rings. The average Bonchev–Trinajstić information content (AvgIpc) is 2.26. The lowest BCUT2D eigenvalue weighted by atomic mass is 9.48. The maximum atomic E-state index is 12.6. The number of ketones is 1. The molecule has 0 heterocycles. The second kappa shape index (κ2) is 4.09. The fraction of sp³-hybridized carbons (Fsp3) is 0.857. The maximum absolute atomic E-state index is 12.6. The van der Waals surface area contributed by atoms with E-state index in [-0.39, 0.29) is 10.2 Å². The maximum Gasteiger partial charge on any atom is 0.153 e. The van der Waals surface area contributed by atoms with Crippen molar-refractivity contribution in [3.63, 3.8) is 0 Å². The van der Waals surface area contributed by atoms with Gasteiger partial charge in [-0.15, -0.1) is 0 Å². The van der Waals surface area contributed by atoms with Crippen LogP contribution in [0.15, 0.2) is 0 Å². The van der Waals surface area contributed by atoms with Crippen molar-refractivity contribution in [3.05, 3.63) is 0 Å². The number of hydrogen-bond acceptors (Lipinski definition) is 2. The van der Waals surface area contributed by atoms with Crippen LogP contribution < -0.4 is 0 Å². The van der Waals surface area contributed by atoms with Crippen LogP contribution in [-0.4, -0.2) is 10.6 Å². The van der Waals surface area contributed by atoms with E-state index < -0.39 is 0 Å². The van der Waals surface area contributed by atoms with E-state index in [1.807, 2.05) is 0 Å². The Labute approximate surface area is 111 Å². The Morgan fingerprint density at radius 3 is 2.12 bits per heavy atom. The van der Waals surface area contributed by atoms with Crippen LogP contribution in [-0.2, 0) is 4.79 Å². The molecule has 0 spiro atoms. The first kappa shape index (κ1) is 11.7. The Morgan fingerprint density at radius 2 is 1.71 bits per heavy atom. The van der Waals surface area contributed by atoms with Crippen molar-refractivity contribution in [1.82, 2.24) is 0 Å². The highest BCUT2D eigenvalue weighted by atomic mass is 79.9. The summed E-state index contributed by atoms with van der Waals surface area (Å²) in [5, 5.41) is 8.74. The summed E-state index contributed by atoms with van der Waals surface area (Å²) in [6.07, 6.45) is 7.70. The second-order valence-electron chi connectivity index (χ2n) is 6.39. The summed E-state index contributed by atoms with van der Waals surface area (Å²) >= 11 is 3.42. The molecule has 0 aromatic heterocycles. The third-order valence-corrected chi connectivity index (χ3v) is 5.86. The smallest absolute Gasteiger partial charge is 0.153 e. The van der Waals surface area contributed by atoms with E-state index in [2.05, 4.69) is 22.0 Å². The number of halogens is 1. The van der Waals surface area contributed by atoms with Crippen LogP contribution in [0.4, 0.5) is 0 Å². The molecule has 0 radical (unpaired) electrons. The molecule has 4 rings (SSSR count). The van der Waals surface area contributed by atoms with Gasteiger partial charge in [-0.3, -0.25) is 4.79 Å². The van der Waals surface area contributed by atoms with E-state index >= 15 is 0 Å². The summed E-state index contributed by atoms with van der Waals surface area (Å²) < 4.78 is 0. The van der Waals surface area contributed by atoms with Gasteiger partial charge < -0.3 is 0 Å². The molecule has 4 bridgehead atoms. The summed E-state index contributed by atoms with van der Waals surface area (Å²) in [5.41, 5.74) is -0.0558. The molecule has 4 saturated carbocycles. The van der Waals surface area contributed by atoms with Gasteiger partial charge in [-0.25, -0.2) is 0 Å². The molecular formula is C14H18BrNO. The van der Waals surface area contributed by atoms with Crippen molar-refractivity contribution < 1.29 is 4.79 Å². The SMILES string of the molecule is N#CCC(Br)C(=O)C12CC3CC(CC(C3)C1)C2. The molecule has 4 aliphatic rings. The van der Waals surface area contributed by atoms with Crippen molar-refractivity contribution in [3.8, 4) is 6.07 Å². The highest BCUT2D eigenvalue weighted by Gasteiger charge is 2.55. The zero-order valence-corrected chi connectivity index (χ0v) is 11.6. The lowest BCUT2D eigenvalue weighted by molar-refractivity contribution is -0.143. The van der Waals surface area contributed by atoms with Gasteiger partial charge in [0.05, 0.1) is 17.3 Å². The van der Waals surface area contributed by atoms with Crippen molar-refractivity contribution in [1.29, 1.82) is 5.26 Å². The molecule has 0 amide bonds. The molecule has 0 aliphatic heterocycles. The predicted molar refractivity (Wildman–Crippen MR) is 68.6 cm³/mol. The first-order valence-electron chi connectivity index (χ1n) is 6.68. The van der Waals surface area contributed by atoms with Crippen molar-refractivity contribution in [2.75, 3.05) is 0 Å². The number of nitrogens with zero attached hydrogens (tertiary/aromatic N) is 1. The van der Waals surface area contributed by atoms with Crippen molar-refractivity contribution in [2.45, 2.75) is 49.8 Å². The quantitative estimate of drug-likeness (QED) is 0.748. The Kier molecular flexibility index (Phi) is 2.82. The molecule has 1 unspecified atom stereocenters. The molecule has 1 atom stereocenters. The van der Waals surface area contributed by atoms with Gasteiger partial charge in [0.2, 0.25) is 0 Å². The lowest BCUT2D eigenvalue weighted by Crippen LogP contribution is -2.51. The number of nitriles is 1. The Hall–Kier alpha value is -0.360. The summed E-state index contributed by atoms with van der Waals surface area (Å²) in [4.78, 5) is 12.4. The third kappa shape index (κ3) is 1.85. The highest BCUT2D eigenvalue weighted by Crippen LogP contribution is 2.60. The molecule has 2 nitrogen and oxygen atoms in total. The first-order valence-corrected chi connectivity index (χ1v) is 7.60. The fourth-order valence-corrected chi connectivity index (χ4v) is 5.55. The van der Waals surface area contributed by atoms with E-state index in [9.17, 15) is 4.79 Å². The van der Waals surface area contributed by atoms with E-state index in [1.165, 1.54) is 19.3 Å². The van der Waals surface area contributed by atoms with Gasteiger partial charge in [0.1, 0.15) is 0 Å². The van der Waals surface area contributed by atoms with Gasteiger partial charge in [-0.1, -0.05) is 15.9 Å². The highest BCUT2D eigenvalue weighted by molar-refractivity contribution is 9.10. The van der Waals surface area contributed by atoms with Gasteiger partial charge in [-0.05, 0) is 56.3 Å². The minimum absolute atomic E-state index is 0.0558. The molecule has 3 heteroatoms. The number of rotatable bonds is 3. The lowest BCUT2D eigenvalue weighted by Gasteiger charge is -2.56. The van der Waals surface area contributed by atoms with E-state index in [0.29, 0.717) is 12.2 Å². The average molecular weight is 296 g/mol. The summed E-state index contributed by atoms with van der Waals surface area (Å²) in [6.45, 7) is 0. The predicted octanol–water partition coefficient (Wildman–Crippen LogP) is 3.45. The summed E-state index contributed by atoms with van der Waals surface area (Å²) in [7, 11) is 0. The molecule has 0 saturated heterocycles. The number of hydrogen-bond donors (Lipinski definition) is 0. The fourth-order valence-electron chi connectivity index (χ4n) is 4.92. The Morgan fingerprint density at radius 1 is 1.24 bits per heavy atom. The van der Waals surface area contributed by atoms with Crippen LogP contribution in [0.3, 0.4) is 0 Å². The molecule has 4 aliphatic carbocycles. The minimum atomic E-state index is -0.233. The minimum Gasteiger partial charge on any atom is -0.298 e. The molecule has 17 heavy (non-hydrogen) atoms. The normalized spacial score (nSPS) is 44.4. The van der Waals surface area contributed by atoms with Crippen LogP contribution >= 0.6 is 15.9 Å². The number of alkyl halides is 1. The van der Waals surface area contributed by atoms with E-state index in [1.54, 1.807) is 0 Å². The summed E-state index contributed by atoms with van der Waals surface area (Å²) in [6, 6.07) is 2.11. The van der Waals surface area contributed by atoms with Gasteiger partial charge in [0.25, 0.3) is 0 Å². The van der Waals surface area contributed by atoms with E-state index in [0.717, 1.165) is 37.0 Å². The van der Waals surface area contributed by atoms with Gasteiger partial charge in [0, 0.05) is 5.41 Å². The molecule has 0 N–H and O–H groups in total. The number of Topliss-reactive ketones (excluding diaryl/α,β-unsaturated/α-hetero) is 1. The van der Waals surface area contributed by atoms with Crippen molar-refractivity contribution in [2.24, 2.45) is 23.2 Å². The number of carbonyl (C=O) groups is 1. The number of carbonyl (C=O) groups excluding carboxylic acids is 1. The van der Waals surface area contributed by atoms with E-state index in [4.69, 9.17) is 5.26 Å². The molecule has 92 valence electrons. The first-order chi connectivity index (χ1) is 8.13. The van der Waals surface area contributed by atoms with Crippen LogP contribution in [0, 0.1) is 34.5 Å². The van der Waals surface area contributed by atoms with Gasteiger partial charge in [0.15, 0.2) is 5.78 Å². The zero-order valence-electron chi connectivity index (χ0n) is 9.99. The second-order valence-corrected chi connectivity index (χ2v) is 7.50. The van der Waals surface area contributed by atoms with Crippen molar-refractivity contribution >= 4 is 21.7 Å². The molecule has 0 aromatic carbocycles. The van der Waals surface area contributed by atoms with Crippen LogP contribution in [0.25, 0.3) is 0 Å².